The van der Waals surface area contributed by atoms with Crippen LogP contribution >= 0.6 is 27.5 Å². The van der Waals surface area contributed by atoms with Crippen LogP contribution < -0.4 is 14.6 Å². The van der Waals surface area contributed by atoms with Gasteiger partial charge in [-0.15, -0.1) is 0 Å². The van der Waals surface area contributed by atoms with Gasteiger partial charge < -0.3 is 9.47 Å². The van der Waals surface area contributed by atoms with Crippen molar-refractivity contribution < 1.29 is 17.9 Å². The van der Waals surface area contributed by atoms with Crippen LogP contribution in [0.5, 0.6) is 11.5 Å². The summed E-state index contributed by atoms with van der Waals surface area (Å²) in [5.74, 6) is 1.05. The van der Waals surface area contributed by atoms with Crippen LogP contribution in [-0.2, 0) is 15.8 Å². The summed E-state index contributed by atoms with van der Waals surface area (Å²) in [4.78, 5) is 0. The number of hydrogen-bond acceptors (Lipinski definition) is 4. The van der Waals surface area contributed by atoms with Gasteiger partial charge in [0.15, 0.2) is 6.10 Å². The fourth-order valence-electron chi connectivity index (χ4n) is 3.58. The normalized spacial score (nSPS) is 15.2. The fraction of sp³-hybridized carbons (Fsp3) is 0.143. The summed E-state index contributed by atoms with van der Waals surface area (Å²) in [6.45, 7) is 0. The maximum absolute atomic E-state index is 11.7. The number of sulfonamides is 1. The van der Waals surface area contributed by atoms with Crippen molar-refractivity contribution in [1.29, 1.82) is 0 Å². The number of fused-ring (bicyclic) bond motifs is 3. The molecule has 0 fully saturated rings. The van der Waals surface area contributed by atoms with E-state index in [9.17, 15) is 8.42 Å². The average Bonchev–Trinajstić information content (AvgIpc) is 2.67. The molecule has 5 nitrogen and oxygen atoms in total. The van der Waals surface area contributed by atoms with Crippen molar-refractivity contribution in [3.63, 3.8) is 0 Å². The summed E-state index contributed by atoms with van der Waals surface area (Å²) >= 11 is 9.81. The van der Waals surface area contributed by atoms with Crippen LogP contribution in [0.1, 0.15) is 22.8 Å². The van der Waals surface area contributed by atoms with Gasteiger partial charge in [0.25, 0.3) is 0 Å². The monoisotopic (exact) mass is 493 g/mol. The Morgan fingerprint density at radius 3 is 2.62 bits per heavy atom. The average molecular weight is 495 g/mol. The predicted molar refractivity (Wildman–Crippen MR) is 117 cm³/mol. The maximum Gasteiger partial charge on any atom is 0.213 e. The zero-order chi connectivity index (χ0) is 20.8. The standard InChI is InChI=1S/C21H17BrClNO4S/c1-27-16-6-3-7-17-18(16)15-9-8-13(11-29(24,25)26)20(22)19(15)21(28-17)12-4-2-5-14(23)10-12/h2-10,21H,11H2,1H3,(H2,24,25,26). The van der Waals surface area contributed by atoms with Gasteiger partial charge in [-0.2, -0.15) is 0 Å². The SMILES string of the molecule is COc1cccc2c1-c1ccc(CS(N)(=O)=O)c(Br)c1C(c1cccc(Cl)c1)O2. The molecule has 0 saturated carbocycles. The summed E-state index contributed by atoms with van der Waals surface area (Å²) in [6, 6.07) is 16.6. The number of methoxy groups -OCH3 is 1. The lowest BCUT2D eigenvalue weighted by Crippen LogP contribution is -2.19. The second-order valence-electron chi connectivity index (χ2n) is 6.69. The molecule has 0 radical (unpaired) electrons. The first-order chi connectivity index (χ1) is 13.8. The van der Waals surface area contributed by atoms with E-state index in [4.69, 9.17) is 26.2 Å². The molecule has 0 spiro atoms. The zero-order valence-corrected chi connectivity index (χ0v) is 18.5. The highest BCUT2D eigenvalue weighted by atomic mass is 79.9. The van der Waals surface area contributed by atoms with E-state index in [0.717, 1.165) is 22.3 Å². The Morgan fingerprint density at radius 1 is 1.17 bits per heavy atom. The van der Waals surface area contributed by atoms with Crippen LogP contribution in [0, 0.1) is 0 Å². The minimum absolute atomic E-state index is 0.290. The van der Waals surface area contributed by atoms with Gasteiger partial charge in [0.2, 0.25) is 10.0 Å². The number of halogens is 2. The molecular formula is C21H17BrClNO4S. The van der Waals surface area contributed by atoms with Crippen LogP contribution in [0.2, 0.25) is 5.02 Å². The van der Waals surface area contributed by atoms with E-state index in [0.29, 0.717) is 26.6 Å². The summed E-state index contributed by atoms with van der Waals surface area (Å²) in [5, 5.41) is 5.87. The lowest BCUT2D eigenvalue weighted by atomic mass is 9.88. The Bertz CT molecular complexity index is 1210. The molecule has 1 aliphatic rings. The number of primary sulfonamides is 1. The smallest absolute Gasteiger partial charge is 0.213 e. The van der Waals surface area contributed by atoms with Gasteiger partial charge in [-0.25, -0.2) is 13.6 Å². The molecule has 0 saturated heterocycles. The Hall–Kier alpha value is -2.06. The van der Waals surface area contributed by atoms with Gasteiger partial charge >= 0.3 is 0 Å². The lowest BCUT2D eigenvalue weighted by Gasteiger charge is -2.31. The topological polar surface area (TPSA) is 78.6 Å². The molecule has 3 aromatic carbocycles. The molecule has 4 rings (SSSR count). The third-order valence-electron chi connectivity index (χ3n) is 4.75. The summed E-state index contributed by atoms with van der Waals surface area (Å²) in [6.07, 6.45) is -0.488. The van der Waals surface area contributed by atoms with E-state index in [2.05, 4.69) is 15.9 Å². The molecule has 29 heavy (non-hydrogen) atoms. The van der Waals surface area contributed by atoms with Crippen LogP contribution in [-0.4, -0.2) is 15.5 Å². The Kier molecular flexibility index (Phi) is 5.33. The quantitative estimate of drug-likeness (QED) is 0.550. The van der Waals surface area contributed by atoms with Crippen molar-refractivity contribution in [1.82, 2.24) is 0 Å². The maximum atomic E-state index is 11.7. The van der Waals surface area contributed by atoms with E-state index in [-0.39, 0.29) is 5.75 Å². The van der Waals surface area contributed by atoms with Crippen LogP contribution in [0.25, 0.3) is 11.1 Å². The van der Waals surface area contributed by atoms with Gasteiger partial charge in [0.05, 0.1) is 18.4 Å². The molecule has 2 N–H and O–H groups in total. The molecule has 1 aliphatic heterocycles. The van der Waals surface area contributed by atoms with E-state index in [1.807, 2.05) is 42.5 Å². The molecule has 0 amide bonds. The molecule has 3 aromatic rings. The Labute approximate surface area is 182 Å². The number of benzene rings is 3. The van der Waals surface area contributed by atoms with E-state index < -0.39 is 16.1 Å². The molecule has 1 atom stereocenters. The van der Waals surface area contributed by atoms with Crippen molar-refractivity contribution in [3.05, 3.63) is 80.8 Å². The van der Waals surface area contributed by atoms with Crippen LogP contribution in [0.3, 0.4) is 0 Å². The van der Waals surface area contributed by atoms with Crippen molar-refractivity contribution in [2.75, 3.05) is 7.11 Å². The van der Waals surface area contributed by atoms with E-state index in [1.54, 1.807) is 19.2 Å². The summed E-state index contributed by atoms with van der Waals surface area (Å²) in [5.41, 5.74) is 3.90. The van der Waals surface area contributed by atoms with Gasteiger partial charge in [-0.1, -0.05) is 57.9 Å². The Morgan fingerprint density at radius 2 is 1.93 bits per heavy atom. The minimum Gasteiger partial charge on any atom is -0.496 e. The second kappa shape index (κ2) is 7.65. The van der Waals surface area contributed by atoms with E-state index in [1.165, 1.54) is 0 Å². The fourth-order valence-corrected chi connectivity index (χ4v) is 5.33. The lowest BCUT2D eigenvalue weighted by molar-refractivity contribution is 0.241. The molecule has 8 heteroatoms. The molecule has 1 heterocycles. The molecule has 0 bridgehead atoms. The third-order valence-corrected chi connectivity index (χ3v) is 6.64. The van der Waals surface area contributed by atoms with Crippen molar-refractivity contribution >= 4 is 37.6 Å². The van der Waals surface area contributed by atoms with E-state index >= 15 is 0 Å². The third kappa shape index (κ3) is 3.88. The summed E-state index contributed by atoms with van der Waals surface area (Å²) < 4.78 is 35.9. The second-order valence-corrected chi connectivity index (χ2v) is 9.54. The number of rotatable bonds is 4. The van der Waals surface area contributed by atoms with Crippen LogP contribution in [0.4, 0.5) is 0 Å². The van der Waals surface area contributed by atoms with Crippen molar-refractivity contribution in [2.24, 2.45) is 5.14 Å². The van der Waals surface area contributed by atoms with Gasteiger partial charge in [-0.3, -0.25) is 0 Å². The number of ether oxygens (including phenoxy) is 2. The predicted octanol–water partition coefficient (Wildman–Crippen LogP) is 5.05. The highest BCUT2D eigenvalue weighted by molar-refractivity contribution is 9.10. The molecule has 1 unspecified atom stereocenters. The number of hydrogen-bond donors (Lipinski definition) is 1. The van der Waals surface area contributed by atoms with Crippen molar-refractivity contribution in [3.8, 4) is 22.6 Å². The number of nitrogens with two attached hydrogens (primary N) is 1. The first-order valence-electron chi connectivity index (χ1n) is 8.69. The van der Waals surface area contributed by atoms with Crippen LogP contribution in [0.15, 0.2) is 59.1 Å². The largest absolute Gasteiger partial charge is 0.496 e. The zero-order valence-electron chi connectivity index (χ0n) is 15.4. The highest BCUT2D eigenvalue weighted by Gasteiger charge is 2.32. The Balaban J connectivity index is 2.00. The van der Waals surface area contributed by atoms with Gasteiger partial charge in [0, 0.05) is 15.1 Å². The highest BCUT2D eigenvalue weighted by Crippen LogP contribution is 2.51. The van der Waals surface area contributed by atoms with Crippen molar-refractivity contribution in [2.45, 2.75) is 11.9 Å². The first kappa shape index (κ1) is 20.2. The first-order valence-corrected chi connectivity index (χ1v) is 11.6. The molecule has 0 aromatic heterocycles. The molecule has 0 aliphatic carbocycles. The minimum atomic E-state index is -3.71. The molecule has 150 valence electrons. The van der Waals surface area contributed by atoms with Gasteiger partial charge in [-0.05, 0) is 41.0 Å². The summed E-state index contributed by atoms with van der Waals surface area (Å²) in [7, 11) is -2.11. The van der Waals surface area contributed by atoms with Gasteiger partial charge in [0.1, 0.15) is 11.5 Å². The molecular weight excluding hydrogens is 478 g/mol.